The molecular weight excluding hydrogens is 373 g/mol. The molecule has 0 amide bonds. The van der Waals surface area contributed by atoms with Crippen LogP contribution < -0.4 is 15.0 Å². The van der Waals surface area contributed by atoms with Crippen molar-refractivity contribution in [2.45, 2.75) is 18.9 Å². The minimum atomic E-state index is -4.72. The van der Waals surface area contributed by atoms with E-state index in [2.05, 4.69) is 15.0 Å². The van der Waals surface area contributed by atoms with E-state index in [0.29, 0.717) is 12.0 Å². The Balaban J connectivity index is 1.48. The third-order valence-electron chi connectivity index (χ3n) is 4.91. The molecule has 1 N–H and O–H groups in total. The van der Waals surface area contributed by atoms with Gasteiger partial charge in [-0.25, -0.2) is 4.79 Å². The third kappa shape index (κ3) is 4.06. The average molecular weight is 392 g/mol. The van der Waals surface area contributed by atoms with Crippen LogP contribution in [0.15, 0.2) is 42.5 Å². The zero-order chi connectivity index (χ0) is 19.7. The van der Waals surface area contributed by atoms with E-state index in [9.17, 15) is 18.0 Å². The second kappa shape index (κ2) is 7.35. The topological polar surface area (TPSA) is 50.8 Å². The number of fused-ring (bicyclic) bond motifs is 1. The molecule has 0 aromatic heterocycles. The van der Waals surface area contributed by atoms with Gasteiger partial charge in [-0.2, -0.15) is 0 Å². The molecule has 0 aliphatic carbocycles. The van der Waals surface area contributed by atoms with E-state index in [1.165, 1.54) is 12.1 Å². The molecule has 1 unspecified atom stereocenters. The first kappa shape index (κ1) is 18.6. The number of hydrogen-bond acceptors (Lipinski definition) is 5. The van der Waals surface area contributed by atoms with Crippen molar-refractivity contribution in [1.29, 1.82) is 0 Å². The number of rotatable bonds is 4. The lowest BCUT2D eigenvalue weighted by atomic mass is 9.98. The number of carbonyl (C=O) groups excluding carboxylic acids is 1. The smallest absolute Gasteiger partial charge is 0.454 e. The number of alkyl halides is 3. The second-order valence-corrected chi connectivity index (χ2v) is 6.80. The van der Waals surface area contributed by atoms with Gasteiger partial charge in [-0.3, -0.25) is 0 Å². The Kier molecular flexibility index (Phi) is 4.89. The maximum absolute atomic E-state index is 12.3. The van der Waals surface area contributed by atoms with Crippen LogP contribution in [0.25, 0.3) is 0 Å². The van der Waals surface area contributed by atoms with Crippen LogP contribution in [0.1, 0.15) is 27.6 Å². The van der Waals surface area contributed by atoms with Crippen LogP contribution in [0.4, 0.5) is 18.9 Å². The summed E-state index contributed by atoms with van der Waals surface area (Å²) in [5.74, 6) is -0.644. The summed E-state index contributed by atoms with van der Waals surface area (Å²) in [4.78, 5) is 14.5. The lowest BCUT2D eigenvalue weighted by Gasteiger charge is -2.29. The Morgan fingerprint density at radius 1 is 1.11 bits per heavy atom. The van der Waals surface area contributed by atoms with E-state index in [-0.39, 0.29) is 11.7 Å². The largest absolute Gasteiger partial charge is 0.573 e. The number of carbonyl (C=O) groups is 1. The molecule has 8 heteroatoms. The van der Waals surface area contributed by atoms with Crippen molar-refractivity contribution in [2.75, 3.05) is 31.1 Å². The Bertz CT molecular complexity index is 862. The Hall–Kier alpha value is -2.74. The molecule has 2 aliphatic heterocycles. The highest BCUT2D eigenvalue weighted by molar-refractivity contribution is 5.95. The van der Waals surface area contributed by atoms with Crippen LogP contribution in [0.5, 0.6) is 5.75 Å². The van der Waals surface area contributed by atoms with Crippen LogP contribution in [0, 0.1) is 0 Å². The Morgan fingerprint density at radius 3 is 2.50 bits per heavy atom. The van der Waals surface area contributed by atoms with Gasteiger partial charge in [0.15, 0.2) is 0 Å². The van der Waals surface area contributed by atoms with E-state index in [4.69, 9.17) is 4.74 Å². The molecule has 0 radical (unpaired) electrons. The highest BCUT2D eigenvalue weighted by Gasteiger charge is 2.33. The van der Waals surface area contributed by atoms with Crippen LogP contribution in [-0.4, -0.2) is 38.5 Å². The lowest BCUT2D eigenvalue weighted by molar-refractivity contribution is -0.274. The molecule has 0 bridgehead atoms. The zero-order valence-corrected chi connectivity index (χ0v) is 15.0. The fourth-order valence-electron chi connectivity index (χ4n) is 3.57. The lowest BCUT2D eigenvalue weighted by Crippen LogP contribution is -2.43. The molecule has 2 aromatic carbocycles. The highest BCUT2D eigenvalue weighted by atomic mass is 19.4. The SMILES string of the molecule is O=C1OC(Cc2ccc(OC(F)(F)F)cc2)c2ccc(N3CCNCC3)cc21. The average Bonchev–Trinajstić information content (AvgIpc) is 2.98. The molecule has 0 saturated carbocycles. The summed E-state index contributed by atoms with van der Waals surface area (Å²) in [6, 6.07) is 11.4. The molecule has 1 saturated heterocycles. The summed E-state index contributed by atoms with van der Waals surface area (Å²) in [6.45, 7) is 3.56. The number of benzene rings is 2. The molecule has 28 heavy (non-hydrogen) atoms. The van der Waals surface area contributed by atoms with Crippen molar-refractivity contribution in [3.05, 3.63) is 59.2 Å². The van der Waals surface area contributed by atoms with Gasteiger partial charge in [0.2, 0.25) is 0 Å². The molecule has 4 rings (SSSR count). The minimum Gasteiger partial charge on any atom is -0.454 e. The van der Waals surface area contributed by atoms with Gasteiger partial charge >= 0.3 is 12.3 Å². The van der Waals surface area contributed by atoms with Gasteiger partial charge in [0, 0.05) is 43.9 Å². The standard InChI is InChI=1S/C20H19F3N2O3/c21-20(22,23)28-15-4-1-13(2-5-15)11-18-16-6-3-14(12-17(16)19(26)27-18)25-9-7-24-8-10-25/h1-6,12,18,24H,7-11H2. The number of ether oxygens (including phenoxy) is 2. The van der Waals surface area contributed by atoms with Gasteiger partial charge < -0.3 is 19.7 Å². The zero-order valence-electron chi connectivity index (χ0n) is 15.0. The van der Waals surface area contributed by atoms with Gasteiger partial charge in [-0.1, -0.05) is 18.2 Å². The third-order valence-corrected chi connectivity index (χ3v) is 4.91. The van der Waals surface area contributed by atoms with Gasteiger partial charge in [0.05, 0.1) is 5.56 Å². The molecule has 148 valence electrons. The molecule has 1 atom stereocenters. The first-order chi connectivity index (χ1) is 13.4. The summed E-state index contributed by atoms with van der Waals surface area (Å²) in [6.07, 6.45) is -4.78. The van der Waals surface area contributed by atoms with Crippen LogP contribution >= 0.6 is 0 Å². The van der Waals surface area contributed by atoms with Gasteiger partial charge in [-0.15, -0.1) is 13.2 Å². The van der Waals surface area contributed by atoms with Crippen molar-refractivity contribution >= 4 is 11.7 Å². The maximum atomic E-state index is 12.3. The summed E-state index contributed by atoms with van der Waals surface area (Å²) in [5, 5.41) is 3.29. The molecule has 2 heterocycles. The summed E-state index contributed by atoms with van der Waals surface area (Å²) in [7, 11) is 0. The fraction of sp³-hybridized carbons (Fsp3) is 0.350. The first-order valence-corrected chi connectivity index (χ1v) is 9.04. The number of cyclic esters (lactones) is 1. The number of nitrogens with zero attached hydrogens (tertiary/aromatic N) is 1. The maximum Gasteiger partial charge on any atom is 0.573 e. The number of esters is 1. The number of hydrogen-bond donors (Lipinski definition) is 1. The van der Waals surface area contributed by atoms with Crippen molar-refractivity contribution in [2.24, 2.45) is 0 Å². The van der Waals surface area contributed by atoms with Gasteiger partial charge in [0.25, 0.3) is 0 Å². The summed E-state index contributed by atoms with van der Waals surface area (Å²) < 4.78 is 46.2. The Labute approximate surface area is 160 Å². The van der Waals surface area contributed by atoms with Crippen molar-refractivity contribution in [1.82, 2.24) is 5.32 Å². The van der Waals surface area contributed by atoms with E-state index < -0.39 is 12.5 Å². The normalized spacial score (nSPS) is 19.3. The minimum absolute atomic E-state index is 0.277. The monoisotopic (exact) mass is 392 g/mol. The number of nitrogens with one attached hydrogen (secondary N) is 1. The van der Waals surface area contributed by atoms with E-state index >= 15 is 0 Å². The number of piperazine rings is 1. The van der Waals surface area contributed by atoms with Crippen LogP contribution in [-0.2, 0) is 11.2 Å². The summed E-state index contributed by atoms with van der Waals surface area (Å²) >= 11 is 0. The molecule has 5 nitrogen and oxygen atoms in total. The predicted octanol–water partition coefficient (Wildman–Crippen LogP) is 3.45. The molecular formula is C20H19F3N2O3. The number of anilines is 1. The van der Waals surface area contributed by atoms with E-state index in [0.717, 1.165) is 43.0 Å². The van der Waals surface area contributed by atoms with Crippen molar-refractivity contribution < 1.29 is 27.4 Å². The number of halogens is 3. The molecule has 2 aliphatic rings. The second-order valence-electron chi connectivity index (χ2n) is 6.80. The first-order valence-electron chi connectivity index (χ1n) is 9.04. The molecule has 0 spiro atoms. The van der Waals surface area contributed by atoms with Crippen LogP contribution in [0.2, 0.25) is 0 Å². The van der Waals surface area contributed by atoms with E-state index in [1.807, 2.05) is 18.2 Å². The van der Waals surface area contributed by atoms with Crippen LogP contribution in [0.3, 0.4) is 0 Å². The Morgan fingerprint density at radius 2 is 1.82 bits per heavy atom. The fourth-order valence-corrected chi connectivity index (χ4v) is 3.57. The highest BCUT2D eigenvalue weighted by Crippen LogP contribution is 2.36. The summed E-state index contributed by atoms with van der Waals surface area (Å²) in [5.41, 5.74) is 3.11. The quantitative estimate of drug-likeness (QED) is 0.808. The molecule has 2 aromatic rings. The van der Waals surface area contributed by atoms with Crippen molar-refractivity contribution in [3.63, 3.8) is 0 Å². The van der Waals surface area contributed by atoms with Crippen molar-refractivity contribution in [3.8, 4) is 5.75 Å². The predicted molar refractivity (Wildman–Crippen MR) is 96.5 cm³/mol. The van der Waals surface area contributed by atoms with Gasteiger partial charge in [0.1, 0.15) is 11.9 Å². The molecule has 1 fully saturated rings. The van der Waals surface area contributed by atoms with E-state index in [1.54, 1.807) is 12.1 Å². The van der Waals surface area contributed by atoms with Gasteiger partial charge in [-0.05, 0) is 29.8 Å².